The normalized spacial score (nSPS) is 10.9. The molecule has 1 aromatic carbocycles. The Morgan fingerprint density at radius 2 is 1.88 bits per heavy atom. The molecule has 24 heavy (non-hydrogen) atoms. The molecular weight excluding hydrogens is 310 g/mol. The first-order valence-electron chi connectivity index (χ1n) is 7.94. The number of benzene rings is 1. The van der Waals surface area contributed by atoms with Crippen molar-refractivity contribution < 1.29 is 19.0 Å². The largest absolute Gasteiger partial charge is 0.493 e. The summed E-state index contributed by atoms with van der Waals surface area (Å²) in [6.45, 7) is 3.84. The number of rotatable bonds is 9. The van der Waals surface area contributed by atoms with Crippen LogP contribution in [0, 0.1) is 0 Å². The Bertz CT molecular complexity index is 547. The van der Waals surface area contributed by atoms with Gasteiger partial charge < -0.3 is 24.8 Å². The van der Waals surface area contributed by atoms with E-state index in [1.807, 2.05) is 25.1 Å². The molecule has 0 aliphatic heterocycles. The maximum Gasteiger partial charge on any atom is 0.307 e. The fourth-order valence-electron chi connectivity index (χ4n) is 2.06. The summed E-state index contributed by atoms with van der Waals surface area (Å²) in [5, 5.41) is 6.39. The van der Waals surface area contributed by atoms with Gasteiger partial charge in [-0.25, -0.2) is 0 Å². The first-order valence-corrected chi connectivity index (χ1v) is 7.94. The van der Waals surface area contributed by atoms with Gasteiger partial charge in [-0.2, -0.15) is 0 Å². The summed E-state index contributed by atoms with van der Waals surface area (Å²) in [5.41, 5.74) is 1.13. The van der Waals surface area contributed by atoms with Gasteiger partial charge in [-0.3, -0.25) is 9.79 Å². The van der Waals surface area contributed by atoms with Crippen LogP contribution in [0.25, 0.3) is 0 Å². The van der Waals surface area contributed by atoms with Crippen LogP contribution in [0.2, 0.25) is 0 Å². The first kappa shape index (κ1) is 19.6. The van der Waals surface area contributed by atoms with Crippen LogP contribution in [-0.4, -0.2) is 52.9 Å². The van der Waals surface area contributed by atoms with Crippen LogP contribution in [0.3, 0.4) is 0 Å². The van der Waals surface area contributed by atoms with E-state index in [1.165, 1.54) is 7.11 Å². The van der Waals surface area contributed by atoms with Gasteiger partial charge in [0.1, 0.15) is 0 Å². The zero-order valence-corrected chi connectivity index (χ0v) is 14.8. The second kappa shape index (κ2) is 11.2. The topological polar surface area (TPSA) is 81.2 Å². The lowest BCUT2D eigenvalue weighted by Crippen LogP contribution is -2.38. The molecule has 7 nitrogen and oxygen atoms in total. The monoisotopic (exact) mass is 337 g/mol. The van der Waals surface area contributed by atoms with Crippen molar-refractivity contribution in [3.63, 3.8) is 0 Å². The van der Waals surface area contributed by atoms with Gasteiger partial charge in [0.2, 0.25) is 0 Å². The Morgan fingerprint density at radius 1 is 1.12 bits per heavy atom. The van der Waals surface area contributed by atoms with Crippen LogP contribution < -0.4 is 20.1 Å². The highest BCUT2D eigenvalue weighted by atomic mass is 16.5. The molecule has 0 aromatic heterocycles. The predicted molar refractivity (Wildman–Crippen MR) is 93.9 cm³/mol. The highest BCUT2D eigenvalue weighted by Gasteiger charge is 2.05. The Balaban J connectivity index is 2.52. The van der Waals surface area contributed by atoms with E-state index >= 15 is 0 Å². The zero-order valence-electron chi connectivity index (χ0n) is 14.8. The van der Waals surface area contributed by atoms with E-state index < -0.39 is 0 Å². The summed E-state index contributed by atoms with van der Waals surface area (Å²) in [6.07, 6.45) is 1.07. The van der Waals surface area contributed by atoms with E-state index in [0.29, 0.717) is 30.5 Å². The molecule has 1 aromatic rings. The maximum atomic E-state index is 11.1. The maximum absolute atomic E-state index is 11.1. The van der Waals surface area contributed by atoms with E-state index in [1.54, 1.807) is 14.2 Å². The van der Waals surface area contributed by atoms with E-state index in [-0.39, 0.29) is 12.4 Å². The van der Waals surface area contributed by atoms with Crippen molar-refractivity contribution >= 4 is 11.9 Å². The molecule has 0 radical (unpaired) electrons. The molecule has 0 bridgehead atoms. The van der Waals surface area contributed by atoms with Crippen molar-refractivity contribution in [2.24, 2.45) is 4.99 Å². The Labute approximate surface area is 143 Å². The zero-order chi connectivity index (χ0) is 17.8. The third-order valence-corrected chi connectivity index (χ3v) is 3.31. The highest BCUT2D eigenvalue weighted by molar-refractivity contribution is 5.80. The molecule has 134 valence electrons. The second-order valence-electron chi connectivity index (χ2n) is 4.95. The van der Waals surface area contributed by atoms with E-state index in [4.69, 9.17) is 9.47 Å². The molecule has 0 atom stereocenters. The Kier molecular flexibility index (Phi) is 9.11. The minimum atomic E-state index is -0.264. The molecular formula is C17H27N3O4. The Hall–Kier alpha value is -2.44. The van der Waals surface area contributed by atoms with Crippen molar-refractivity contribution in [1.29, 1.82) is 0 Å². The van der Waals surface area contributed by atoms with E-state index in [0.717, 1.165) is 18.5 Å². The molecule has 0 amide bonds. The van der Waals surface area contributed by atoms with Crippen LogP contribution in [0.5, 0.6) is 11.5 Å². The van der Waals surface area contributed by atoms with Crippen LogP contribution in [0.4, 0.5) is 0 Å². The number of hydrogen-bond acceptors (Lipinski definition) is 5. The van der Waals surface area contributed by atoms with Gasteiger partial charge in [0, 0.05) is 13.1 Å². The number of nitrogens with zero attached hydrogens (tertiary/aromatic N) is 1. The standard InChI is InChI=1S/C17H27N3O4/c1-5-18-17(20-11-9-16(21)24-4)19-10-8-13-6-7-14(22-2)15(12-13)23-3/h6-7,12H,5,8-11H2,1-4H3,(H2,18,19,20). The molecule has 0 heterocycles. The summed E-state index contributed by atoms with van der Waals surface area (Å²) in [6, 6.07) is 5.86. The fourth-order valence-corrected chi connectivity index (χ4v) is 2.06. The smallest absolute Gasteiger partial charge is 0.307 e. The average molecular weight is 337 g/mol. The molecule has 0 fully saturated rings. The van der Waals surface area contributed by atoms with Crippen molar-refractivity contribution in [3.05, 3.63) is 23.8 Å². The Morgan fingerprint density at radius 3 is 2.50 bits per heavy atom. The summed E-state index contributed by atoms with van der Waals surface area (Å²) in [7, 11) is 4.61. The minimum Gasteiger partial charge on any atom is -0.493 e. The number of nitrogens with one attached hydrogen (secondary N) is 2. The molecule has 0 aliphatic carbocycles. The summed E-state index contributed by atoms with van der Waals surface area (Å²) >= 11 is 0. The number of hydrogen-bond donors (Lipinski definition) is 2. The van der Waals surface area contributed by atoms with Gasteiger partial charge in [0.15, 0.2) is 17.5 Å². The molecule has 0 unspecified atom stereocenters. The molecule has 1 rings (SSSR count). The van der Waals surface area contributed by atoms with Gasteiger partial charge in [0.25, 0.3) is 0 Å². The lowest BCUT2D eigenvalue weighted by atomic mass is 10.1. The number of ether oxygens (including phenoxy) is 3. The highest BCUT2D eigenvalue weighted by Crippen LogP contribution is 2.27. The van der Waals surface area contributed by atoms with Crippen LogP contribution in [0.15, 0.2) is 23.2 Å². The molecule has 0 aliphatic rings. The lowest BCUT2D eigenvalue weighted by Gasteiger charge is -2.12. The van der Waals surface area contributed by atoms with Gasteiger partial charge in [0.05, 0.1) is 34.3 Å². The summed E-state index contributed by atoms with van der Waals surface area (Å²) in [4.78, 5) is 15.5. The average Bonchev–Trinajstić information content (AvgIpc) is 2.61. The fraction of sp³-hybridized carbons (Fsp3) is 0.529. The minimum absolute atomic E-state index is 0.264. The number of aliphatic imine (C=N–C) groups is 1. The summed E-state index contributed by atoms with van der Waals surface area (Å²) < 4.78 is 15.1. The van der Waals surface area contributed by atoms with Gasteiger partial charge in [-0.1, -0.05) is 6.07 Å². The first-order chi connectivity index (χ1) is 11.6. The van der Waals surface area contributed by atoms with Crippen LogP contribution in [0.1, 0.15) is 18.9 Å². The molecule has 0 spiro atoms. The lowest BCUT2D eigenvalue weighted by molar-refractivity contribution is -0.140. The molecule has 2 N–H and O–H groups in total. The third kappa shape index (κ3) is 6.76. The van der Waals surface area contributed by atoms with E-state index in [2.05, 4.69) is 20.4 Å². The number of methoxy groups -OCH3 is 3. The van der Waals surface area contributed by atoms with Crippen molar-refractivity contribution in [1.82, 2.24) is 10.6 Å². The van der Waals surface area contributed by atoms with Crippen LogP contribution >= 0.6 is 0 Å². The third-order valence-electron chi connectivity index (χ3n) is 3.31. The number of guanidine groups is 1. The molecule has 0 saturated carbocycles. The van der Waals surface area contributed by atoms with Crippen molar-refractivity contribution in [2.75, 3.05) is 41.0 Å². The number of carbonyl (C=O) groups is 1. The number of carbonyl (C=O) groups excluding carboxylic acids is 1. The van der Waals surface area contributed by atoms with Gasteiger partial charge in [-0.15, -0.1) is 0 Å². The van der Waals surface area contributed by atoms with E-state index in [9.17, 15) is 4.79 Å². The van der Waals surface area contributed by atoms with Crippen molar-refractivity contribution in [3.8, 4) is 11.5 Å². The molecule has 0 saturated heterocycles. The number of esters is 1. The SMILES string of the molecule is CCNC(=NCCC(=O)OC)NCCc1ccc(OC)c(OC)c1. The predicted octanol–water partition coefficient (Wildman–Crippen LogP) is 1.36. The summed E-state index contributed by atoms with van der Waals surface area (Å²) in [5.74, 6) is 1.85. The quantitative estimate of drug-likeness (QED) is 0.402. The molecule has 7 heteroatoms. The van der Waals surface area contributed by atoms with Gasteiger partial charge in [-0.05, 0) is 31.0 Å². The van der Waals surface area contributed by atoms with Crippen molar-refractivity contribution in [2.45, 2.75) is 19.8 Å². The van der Waals surface area contributed by atoms with Crippen LogP contribution in [-0.2, 0) is 16.0 Å². The second-order valence-corrected chi connectivity index (χ2v) is 4.95. The van der Waals surface area contributed by atoms with Gasteiger partial charge >= 0.3 is 5.97 Å².